The quantitative estimate of drug-likeness (QED) is 0.349. The fraction of sp³-hybridized carbons (Fsp3) is 0.100. The average Bonchev–Trinajstić information content (AvgIpc) is 2.21. The number of hydrogen-bond acceptors (Lipinski definition) is 1. The third kappa shape index (κ3) is 3.23. The summed E-state index contributed by atoms with van der Waals surface area (Å²) in [5.74, 6) is -0.600. The molecule has 0 radical (unpaired) electrons. The molecule has 0 spiro atoms. The van der Waals surface area contributed by atoms with Crippen LogP contribution in [0.2, 0.25) is 0 Å². The van der Waals surface area contributed by atoms with Gasteiger partial charge in [0.2, 0.25) is 5.91 Å². The number of carbonyl (C=O) groups is 1. The molecular weight excluding hydrogens is 258 g/mol. The van der Waals surface area contributed by atoms with Crippen LogP contribution in [0, 0.1) is 6.92 Å². The van der Waals surface area contributed by atoms with Crippen LogP contribution in [0.1, 0.15) is 11.1 Å². The third-order valence-corrected chi connectivity index (χ3v) is 2.72. The molecule has 0 heterocycles. The van der Waals surface area contributed by atoms with Gasteiger partial charge in [-0.3, -0.25) is 4.79 Å². The van der Waals surface area contributed by atoms with Gasteiger partial charge in [-0.15, -0.1) is 0 Å². The first-order chi connectivity index (χ1) is 7.15. The molecule has 0 fully saturated rings. The molecule has 0 aliphatic heterocycles. The Morgan fingerprint density at radius 1 is 1.60 bits per heavy atom. The van der Waals surface area contributed by atoms with Crippen LogP contribution in [0.3, 0.4) is 0 Å². The topological polar surface area (TPSA) is 65.8 Å². The average molecular weight is 266 g/mol. The Morgan fingerprint density at radius 3 is 3.00 bits per heavy atom. The molecule has 0 saturated heterocycles. The number of amides is 1. The molecule has 0 bridgehead atoms. The molecule has 0 unspecified atom stereocenters. The third-order valence-electron chi connectivity index (χ3n) is 1.86. The van der Waals surface area contributed by atoms with E-state index in [9.17, 15) is 4.79 Å². The highest BCUT2D eigenvalue weighted by Crippen LogP contribution is 2.20. The number of nitrogens with zero attached hydrogens (tertiary/aromatic N) is 3. The van der Waals surface area contributed by atoms with E-state index in [1.54, 1.807) is 6.08 Å². The predicted octanol–water partition coefficient (Wildman–Crippen LogP) is 3.61. The summed E-state index contributed by atoms with van der Waals surface area (Å²) in [5.41, 5.74) is 9.97. The van der Waals surface area contributed by atoms with Gasteiger partial charge >= 0.3 is 0 Å². The van der Waals surface area contributed by atoms with E-state index in [-0.39, 0.29) is 0 Å². The smallest absolute Gasteiger partial charge is 0.242 e. The van der Waals surface area contributed by atoms with Crippen LogP contribution in [0.5, 0.6) is 0 Å². The Labute approximate surface area is 95.4 Å². The van der Waals surface area contributed by atoms with Gasteiger partial charge in [-0.25, -0.2) is 0 Å². The van der Waals surface area contributed by atoms with Gasteiger partial charge in [0, 0.05) is 9.38 Å². The summed E-state index contributed by atoms with van der Waals surface area (Å²) in [6.07, 6.45) is 2.87. The molecule has 1 aromatic carbocycles. The Morgan fingerprint density at radius 2 is 2.33 bits per heavy atom. The maximum Gasteiger partial charge on any atom is 0.242 e. The number of carbonyl (C=O) groups excluding carboxylic acids is 1. The lowest BCUT2D eigenvalue weighted by molar-refractivity contribution is -0.113. The molecule has 76 valence electrons. The summed E-state index contributed by atoms with van der Waals surface area (Å²) < 4.78 is 0.973. The molecule has 0 aromatic heterocycles. The molecule has 15 heavy (non-hydrogen) atoms. The van der Waals surface area contributed by atoms with Crippen LogP contribution in [0.15, 0.2) is 33.9 Å². The second-order valence-corrected chi connectivity index (χ2v) is 3.67. The maximum atomic E-state index is 10.9. The maximum absolute atomic E-state index is 10.9. The Bertz CT molecular complexity index is 462. The van der Waals surface area contributed by atoms with Crippen molar-refractivity contribution in [3.63, 3.8) is 0 Å². The largest absolute Gasteiger partial charge is 0.288 e. The van der Waals surface area contributed by atoms with Crippen LogP contribution in [-0.2, 0) is 4.79 Å². The van der Waals surface area contributed by atoms with E-state index < -0.39 is 5.91 Å². The van der Waals surface area contributed by atoms with Gasteiger partial charge in [-0.1, -0.05) is 34.1 Å². The van der Waals surface area contributed by atoms with Gasteiger partial charge in [-0.2, -0.15) is 0 Å². The van der Waals surface area contributed by atoms with Crippen molar-refractivity contribution in [2.75, 3.05) is 0 Å². The summed E-state index contributed by atoms with van der Waals surface area (Å²) in [6.45, 7) is 1.93. The fourth-order valence-electron chi connectivity index (χ4n) is 1.04. The van der Waals surface area contributed by atoms with Crippen LogP contribution >= 0.6 is 15.9 Å². The Hall–Kier alpha value is -1.58. The number of halogens is 1. The zero-order chi connectivity index (χ0) is 11.3. The number of benzene rings is 1. The van der Waals surface area contributed by atoms with E-state index >= 15 is 0 Å². The highest BCUT2D eigenvalue weighted by atomic mass is 79.9. The van der Waals surface area contributed by atoms with Crippen LogP contribution < -0.4 is 0 Å². The second-order valence-electron chi connectivity index (χ2n) is 2.82. The normalized spacial score (nSPS) is 10.0. The Kier molecular flexibility index (Phi) is 4.09. The van der Waals surface area contributed by atoms with Crippen molar-refractivity contribution in [2.45, 2.75) is 6.92 Å². The van der Waals surface area contributed by atoms with Crippen LogP contribution in [0.25, 0.3) is 16.5 Å². The molecule has 1 aromatic rings. The first kappa shape index (κ1) is 11.5. The highest BCUT2D eigenvalue weighted by molar-refractivity contribution is 9.10. The van der Waals surface area contributed by atoms with E-state index in [1.807, 2.05) is 25.1 Å². The van der Waals surface area contributed by atoms with Crippen molar-refractivity contribution in [1.82, 2.24) is 0 Å². The van der Waals surface area contributed by atoms with Gasteiger partial charge in [0.1, 0.15) is 0 Å². The molecule has 4 nitrogen and oxygen atoms in total. The summed E-state index contributed by atoms with van der Waals surface area (Å²) in [6, 6.07) is 5.66. The van der Waals surface area contributed by atoms with Gasteiger partial charge in [0.25, 0.3) is 0 Å². The SMILES string of the molecule is Cc1c(Br)cccc1C=CC(=O)N=[N+]=[N-]. The lowest BCUT2D eigenvalue weighted by Crippen LogP contribution is -1.85. The van der Waals surface area contributed by atoms with E-state index in [0.29, 0.717) is 0 Å². The number of hydrogen-bond donors (Lipinski definition) is 0. The van der Waals surface area contributed by atoms with E-state index in [1.165, 1.54) is 6.08 Å². The number of rotatable bonds is 2. The van der Waals surface area contributed by atoms with E-state index in [4.69, 9.17) is 5.53 Å². The van der Waals surface area contributed by atoms with Crippen molar-refractivity contribution in [3.05, 3.63) is 50.3 Å². The van der Waals surface area contributed by atoms with Gasteiger partial charge in [0.15, 0.2) is 0 Å². The van der Waals surface area contributed by atoms with Gasteiger partial charge in [0.05, 0.1) is 0 Å². The molecule has 0 aliphatic carbocycles. The lowest BCUT2D eigenvalue weighted by atomic mass is 10.1. The summed E-state index contributed by atoms with van der Waals surface area (Å²) >= 11 is 3.38. The summed E-state index contributed by atoms with van der Waals surface area (Å²) in [7, 11) is 0. The summed E-state index contributed by atoms with van der Waals surface area (Å²) in [5, 5.41) is 2.93. The standard InChI is InChI=1S/C10H8BrN3O/c1-7-8(3-2-4-9(7)11)5-6-10(15)13-14-12/h2-6H,1H3. The van der Waals surface area contributed by atoms with Crippen molar-refractivity contribution in [2.24, 2.45) is 5.11 Å². The van der Waals surface area contributed by atoms with E-state index in [2.05, 4.69) is 26.0 Å². The van der Waals surface area contributed by atoms with Crippen molar-refractivity contribution in [1.29, 1.82) is 0 Å². The van der Waals surface area contributed by atoms with Gasteiger partial charge in [-0.05, 0) is 40.8 Å². The minimum absolute atomic E-state index is 0.600. The molecule has 0 N–H and O–H groups in total. The first-order valence-electron chi connectivity index (χ1n) is 4.17. The van der Waals surface area contributed by atoms with E-state index in [0.717, 1.165) is 15.6 Å². The molecule has 1 rings (SSSR count). The molecule has 1 amide bonds. The molecule has 0 atom stereocenters. The number of azide groups is 1. The minimum Gasteiger partial charge on any atom is -0.288 e. The van der Waals surface area contributed by atoms with Crippen molar-refractivity contribution in [3.8, 4) is 0 Å². The van der Waals surface area contributed by atoms with Crippen LogP contribution in [0.4, 0.5) is 0 Å². The van der Waals surface area contributed by atoms with Crippen molar-refractivity contribution < 1.29 is 4.79 Å². The Balaban J connectivity index is 2.94. The zero-order valence-electron chi connectivity index (χ0n) is 8.01. The predicted molar refractivity (Wildman–Crippen MR) is 62.1 cm³/mol. The minimum atomic E-state index is -0.600. The molecule has 5 heteroatoms. The van der Waals surface area contributed by atoms with Gasteiger partial charge < -0.3 is 0 Å². The second kappa shape index (κ2) is 5.34. The zero-order valence-corrected chi connectivity index (χ0v) is 9.60. The summed E-state index contributed by atoms with van der Waals surface area (Å²) in [4.78, 5) is 13.3. The van der Waals surface area contributed by atoms with Crippen molar-refractivity contribution >= 4 is 27.9 Å². The monoisotopic (exact) mass is 265 g/mol. The first-order valence-corrected chi connectivity index (χ1v) is 4.96. The molecule has 0 saturated carbocycles. The fourth-order valence-corrected chi connectivity index (χ4v) is 1.42. The lowest BCUT2D eigenvalue weighted by Gasteiger charge is -2.01. The van der Waals surface area contributed by atoms with Crippen LogP contribution in [-0.4, -0.2) is 5.91 Å². The molecule has 0 aliphatic rings. The molecular formula is C10H8BrN3O. The highest BCUT2D eigenvalue weighted by Gasteiger charge is 1.98.